The molecular weight excluding hydrogens is 468 g/mol. The fourth-order valence-electron chi connectivity index (χ4n) is 4.16. The van der Waals surface area contributed by atoms with Crippen LogP contribution in [0.4, 0.5) is 0 Å². The minimum atomic E-state index is -0.273. The van der Waals surface area contributed by atoms with E-state index in [9.17, 15) is 9.59 Å². The van der Waals surface area contributed by atoms with E-state index in [1.807, 2.05) is 0 Å². The summed E-state index contributed by atoms with van der Waals surface area (Å²) < 4.78 is 27.6. The summed E-state index contributed by atoms with van der Waals surface area (Å²) in [6.45, 7) is 3.25. The lowest BCUT2D eigenvalue weighted by Crippen LogP contribution is -2.50. The topological polar surface area (TPSA) is 107 Å². The summed E-state index contributed by atoms with van der Waals surface area (Å²) in [5.41, 5.74) is 0.992. The molecule has 0 aromatic heterocycles. The second kappa shape index (κ2) is 11.3. The lowest BCUT2D eigenvalue weighted by Gasteiger charge is -2.34. The molecule has 0 unspecified atom stereocenters. The molecule has 0 spiro atoms. The van der Waals surface area contributed by atoms with Crippen LogP contribution >= 0.6 is 0 Å². The number of ketones is 1. The number of hydrogen-bond donors (Lipinski definition) is 1. The highest BCUT2D eigenvalue weighted by Crippen LogP contribution is 2.39. The number of allylic oxidation sites excluding steroid dienone is 1. The molecule has 1 fully saturated rings. The zero-order valence-corrected chi connectivity index (χ0v) is 20.6. The minimum Gasteiger partial charge on any atom is -0.496 e. The Balaban J connectivity index is 1.43. The number of ether oxygens (including phenoxy) is 5. The van der Waals surface area contributed by atoms with Crippen LogP contribution in [0, 0.1) is 0 Å². The van der Waals surface area contributed by atoms with Crippen molar-refractivity contribution in [2.75, 3.05) is 67.3 Å². The third-order valence-corrected chi connectivity index (χ3v) is 6.17. The Bertz CT molecular complexity index is 1150. The molecule has 0 radical (unpaired) electrons. The van der Waals surface area contributed by atoms with Crippen molar-refractivity contribution in [1.82, 2.24) is 9.80 Å². The Kier molecular flexibility index (Phi) is 7.97. The van der Waals surface area contributed by atoms with Gasteiger partial charge < -0.3 is 33.7 Å². The van der Waals surface area contributed by atoms with E-state index < -0.39 is 0 Å². The summed E-state index contributed by atoms with van der Waals surface area (Å²) in [6.07, 6.45) is 1.59. The Hall–Kier alpha value is -3.76. The first kappa shape index (κ1) is 25.3. The number of aliphatic hydroxyl groups is 1. The van der Waals surface area contributed by atoms with Crippen molar-refractivity contribution >= 4 is 17.8 Å². The van der Waals surface area contributed by atoms with E-state index in [1.165, 1.54) is 21.3 Å². The molecule has 2 aliphatic heterocycles. The summed E-state index contributed by atoms with van der Waals surface area (Å²) in [6, 6.07) is 8.25. The summed E-state index contributed by atoms with van der Waals surface area (Å²) in [4.78, 5) is 29.3. The Morgan fingerprint density at radius 2 is 1.69 bits per heavy atom. The maximum absolute atomic E-state index is 12.9. The van der Waals surface area contributed by atoms with Crippen LogP contribution in [0.2, 0.25) is 0 Å². The van der Waals surface area contributed by atoms with Gasteiger partial charge in [0, 0.05) is 50.4 Å². The van der Waals surface area contributed by atoms with Crippen molar-refractivity contribution < 1.29 is 38.4 Å². The van der Waals surface area contributed by atoms with Gasteiger partial charge in [-0.15, -0.1) is 0 Å². The molecule has 0 saturated carbocycles. The number of Topliss-reactive ketones (excluding diaryl/α,β-unsaturated/α-hetero) is 1. The second-order valence-corrected chi connectivity index (χ2v) is 8.28. The van der Waals surface area contributed by atoms with Crippen LogP contribution in [0.3, 0.4) is 0 Å². The van der Waals surface area contributed by atoms with Crippen molar-refractivity contribution in [2.45, 2.75) is 0 Å². The first-order valence-corrected chi connectivity index (χ1v) is 11.6. The molecule has 10 heteroatoms. The normalized spacial score (nSPS) is 16.5. The highest BCUT2D eigenvalue weighted by atomic mass is 16.5. The van der Waals surface area contributed by atoms with Crippen molar-refractivity contribution in [3.63, 3.8) is 0 Å². The number of fused-ring (bicyclic) bond motifs is 1. The number of aliphatic hydroxyl groups excluding tert-OH is 1. The van der Waals surface area contributed by atoms with Crippen LogP contribution in [0.5, 0.6) is 28.7 Å². The molecule has 1 amide bonds. The molecule has 192 valence electrons. The van der Waals surface area contributed by atoms with E-state index in [0.717, 1.165) is 13.1 Å². The van der Waals surface area contributed by atoms with Gasteiger partial charge in [0.2, 0.25) is 5.78 Å². The molecule has 1 N–H and O–H groups in total. The third kappa shape index (κ3) is 5.39. The minimum absolute atomic E-state index is 0.110. The van der Waals surface area contributed by atoms with Crippen LogP contribution in [-0.2, 0) is 4.79 Å². The highest BCUT2D eigenvalue weighted by molar-refractivity contribution is 6.14. The number of nitrogens with zero attached hydrogens (tertiary/aromatic N) is 2. The maximum atomic E-state index is 12.9. The molecule has 2 heterocycles. The third-order valence-electron chi connectivity index (χ3n) is 6.17. The maximum Gasteiger partial charge on any atom is 0.260 e. The van der Waals surface area contributed by atoms with Gasteiger partial charge in [-0.1, -0.05) is 0 Å². The predicted octanol–water partition coefficient (Wildman–Crippen LogP) is 1.84. The summed E-state index contributed by atoms with van der Waals surface area (Å²) >= 11 is 0. The number of β-amino-alcohol motifs (C(OH)–C–C–N with tert-alkyl or cyclic N) is 1. The zero-order chi connectivity index (χ0) is 25.7. The van der Waals surface area contributed by atoms with Gasteiger partial charge in [-0.25, -0.2) is 0 Å². The SMILES string of the molecule is COc1cc(OC)c(OC)cc1C=C1Oc2cc(OCC(=O)N3CCN(CCO)CC3)ccc2C1=O. The zero-order valence-electron chi connectivity index (χ0n) is 20.6. The van der Waals surface area contributed by atoms with Crippen LogP contribution < -0.4 is 23.7 Å². The van der Waals surface area contributed by atoms with Crippen LogP contribution in [-0.4, -0.2) is 93.9 Å². The quantitative estimate of drug-likeness (QED) is 0.518. The molecule has 2 aliphatic rings. The number of amides is 1. The van der Waals surface area contributed by atoms with Crippen LogP contribution in [0.15, 0.2) is 36.1 Å². The highest BCUT2D eigenvalue weighted by Gasteiger charge is 2.29. The molecule has 2 aromatic rings. The van der Waals surface area contributed by atoms with E-state index >= 15 is 0 Å². The summed E-state index contributed by atoms with van der Waals surface area (Å²) in [7, 11) is 4.58. The standard InChI is InChI=1S/C26H30N2O8/c1-32-20-15-23(34-3)22(33-2)12-17(20)13-24-26(31)19-5-4-18(14-21(19)36-24)35-16-25(30)28-8-6-27(7-9-28)10-11-29/h4-5,12-15,29H,6-11,16H2,1-3H3. The first-order valence-electron chi connectivity index (χ1n) is 11.6. The number of hydrogen-bond acceptors (Lipinski definition) is 9. The fourth-order valence-corrected chi connectivity index (χ4v) is 4.16. The monoisotopic (exact) mass is 498 g/mol. The van der Waals surface area contributed by atoms with Crippen molar-refractivity contribution in [3.8, 4) is 28.7 Å². The summed E-state index contributed by atoms with van der Waals surface area (Å²) in [5, 5.41) is 9.05. The molecule has 1 saturated heterocycles. The molecule has 0 aliphatic carbocycles. The largest absolute Gasteiger partial charge is 0.496 e. The van der Waals surface area contributed by atoms with Gasteiger partial charge in [-0.2, -0.15) is 0 Å². The van der Waals surface area contributed by atoms with Gasteiger partial charge in [0.25, 0.3) is 5.91 Å². The van der Waals surface area contributed by atoms with Crippen molar-refractivity contribution in [3.05, 3.63) is 47.2 Å². The smallest absolute Gasteiger partial charge is 0.260 e. The van der Waals surface area contributed by atoms with E-state index in [4.69, 9.17) is 28.8 Å². The lowest BCUT2D eigenvalue weighted by atomic mass is 10.1. The first-order chi connectivity index (χ1) is 17.5. The number of piperazine rings is 1. The lowest BCUT2D eigenvalue weighted by molar-refractivity contribution is -0.135. The number of carbonyl (C=O) groups is 2. The molecule has 4 rings (SSSR count). The Morgan fingerprint density at radius 1 is 1.00 bits per heavy atom. The van der Waals surface area contributed by atoms with Gasteiger partial charge in [0.1, 0.15) is 17.2 Å². The van der Waals surface area contributed by atoms with Gasteiger partial charge in [0.05, 0.1) is 33.5 Å². The number of methoxy groups -OCH3 is 3. The molecular formula is C26H30N2O8. The van der Waals surface area contributed by atoms with E-state index in [1.54, 1.807) is 41.3 Å². The van der Waals surface area contributed by atoms with Crippen LogP contribution in [0.25, 0.3) is 6.08 Å². The number of rotatable bonds is 9. The molecule has 36 heavy (non-hydrogen) atoms. The Morgan fingerprint density at radius 3 is 2.36 bits per heavy atom. The molecule has 10 nitrogen and oxygen atoms in total. The fraction of sp³-hybridized carbons (Fsp3) is 0.385. The van der Waals surface area contributed by atoms with E-state index in [0.29, 0.717) is 59.5 Å². The van der Waals surface area contributed by atoms with Crippen LogP contribution in [0.1, 0.15) is 15.9 Å². The average molecular weight is 499 g/mol. The Labute approximate surface area is 209 Å². The summed E-state index contributed by atoms with van der Waals surface area (Å²) in [5.74, 6) is 2.01. The number of benzene rings is 2. The van der Waals surface area contributed by atoms with E-state index in [-0.39, 0.29) is 30.7 Å². The van der Waals surface area contributed by atoms with Gasteiger partial charge in [0.15, 0.2) is 23.9 Å². The van der Waals surface area contributed by atoms with Gasteiger partial charge in [-0.05, 0) is 24.3 Å². The molecule has 2 aromatic carbocycles. The van der Waals surface area contributed by atoms with E-state index in [2.05, 4.69) is 4.90 Å². The van der Waals surface area contributed by atoms with Crippen molar-refractivity contribution in [2.24, 2.45) is 0 Å². The predicted molar refractivity (Wildman–Crippen MR) is 131 cm³/mol. The number of carbonyl (C=O) groups excluding carboxylic acids is 2. The van der Waals surface area contributed by atoms with Gasteiger partial charge >= 0.3 is 0 Å². The second-order valence-electron chi connectivity index (χ2n) is 8.28. The van der Waals surface area contributed by atoms with Gasteiger partial charge in [-0.3, -0.25) is 14.5 Å². The average Bonchev–Trinajstić information content (AvgIpc) is 3.21. The molecule has 0 bridgehead atoms. The van der Waals surface area contributed by atoms with Crippen molar-refractivity contribution in [1.29, 1.82) is 0 Å². The molecule has 0 atom stereocenters.